The van der Waals surface area contributed by atoms with Crippen LogP contribution >= 0.6 is 0 Å². The first-order valence-electron chi connectivity index (χ1n) is 6.13. The Bertz CT molecular complexity index is 503. The van der Waals surface area contributed by atoms with Crippen LogP contribution in [0.1, 0.15) is 27.7 Å². The molecule has 2 aromatic carbocycles. The van der Waals surface area contributed by atoms with E-state index in [4.69, 9.17) is 4.74 Å². The zero-order valence-corrected chi connectivity index (χ0v) is 11.0. The molecule has 17 heavy (non-hydrogen) atoms. The van der Waals surface area contributed by atoms with Gasteiger partial charge in [0.15, 0.2) is 0 Å². The van der Waals surface area contributed by atoms with Crippen molar-refractivity contribution in [3.8, 4) is 5.75 Å². The van der Waals surface area contributed by atoms with Gasteiger partial charge in [0, 0.05) is 5.39 Å². The van der Waals surface area contributed by atoms with Gasteiger partial charge in [-0.2, -0.15) is 0 Å². The zero-order valence-electron chi connectivity index (χ0n) is 11.0. The van der Waals surface area contributed by atoms with Gasteiger partial charge in [0.25, 0.3) is 0 Å². The molecule has 0 aromatic heterocycles. The normalized spacial score (nSPS) is 13.6. The zero-order chi connectivity index (χ0) is 12.5. The first kappa shape index (κ1) is 12.0. The highest BCUT2D eigenvalue weighted by Crippen LogP contribution is 2.30. The molecule has 2 aromatic rings. The second-order valence-corrected chi connectivity index (χ2v) is 5.60. The lowest BCUT2D eigenvalue weighted by atomic mass is 9.90. The van der Waals surface area contributed by atoms with Crippen molar-refractivity contribution in [2.24, 2.45) is 5.41 Å². The van der Waals surface area contributed by atoms with Gasteiger partial charge in [-0.15, -0.1) is 0 Å². The van der Waals surface area contributed by atoms with Crippen molar-refractivity contribution in [1.29, 1.82) is 0 Å². The number of ether oxygens (including phenoxy) is 1. The largest absolute Gasteiger partial charge is 0.490 e. The van der Waals surface area contributed by atoms with Gasteiger partial charge in [0.05, 0.1) is 0 Å². The number of hydrogen-bond donors (Lipinski definition) is 0. The Hall–Kier alpha value is -1.50. The fraction of sp³-hybridized carbons (Fsp3) is 0.375. The molecule has 90 valence electrons. The number of benzene rings is 2. The van der Waals surface area contributed by atoms with Gasteiger partial charge in [-0.05, 0) is 23.8 Å². The Balaban J connectivity index is 2.36. The van der Waals surface area contributed by atoms with Gasteiger partial charge in [0.1, 0.15) is 11.9 Å². The van der Waals surface area contributed by atoms with Crippen LogP contribution in [0.4, 0.5) is 0 Å². The third kappa shape index (κ3) is 2.60. The van der Waals surface area contributed by atoms with E-state index in [1.807, 2.05) is 12.1 Å². The molecule has 1 heteroatoms. The van der Waals surface area contributed by atoms with Gasteiger partial charge in [-0.3, -0.25) is 0 Å². The Labute approximate surface area is 103 Å². The Morgan fingerprint density at radius 3 is 2.29 bits per heavy atom. The summed E-state index contributed by atoms with van der Waals surface area (Å²) in [5.74, 6) is 0.977. The molecule has 0 radical (unpaired) electrons. The van der Waals surface area contributed by atoms with Crippen molar-refractivity contribution in [3.63, 3.8) is 0 Å². The minimum absolute atomic E-state index is 0.150. The van der Waals surface area contributed by atoms with Crippen LogP contribution in [0.3, 0.4) is 0 Å². The summed E-state index contributed by atoms with van der Waals surface area (Å²) in [7, 11) is 0. The van der Waals surface area contributed by atoms with E-state index < -0.39 is 0 Å². The highest BCUT2D eigenvalue weighted by Gasteiger charge is 2.22. The van der Waals surface area contributed by atoms with Crippen LogP contribution in [-0.4, -0.2) is 6.10 Å². The lowest BCUT2D eigenvalue weighted by molar-refractivity contribution is 0.105. The van der Waals surface area contributed by atoms with E-state index in [1.54, 1.807) is 0 Å². The Morgan fingerprint density at radius 2 is 1.59 bits per heavy atom. The molecule has 0 bridgehead atoms. The van der Waals surface area contributed by atoms with E-state index in [0.717, 1.165) is 5.75 Å². The van der Waals surface area contributed by atoms with E-state index in [-0.39, 0.29) is 11.5 Å². The van der Waals surface area contributed by atoms with Crippen LogP contribution < -0.4 is 4.74 Å². The molecule has 0 fully saturated rings. The third-order valence-corrected chi connectivity index (χ3v) is 3.27. The smallest absolute Gasteiger partial charge is 0.127 e. The Kier molecular flexibility index (Phi) is 3.10. The number of rotatable bonds is 2. The van der Waals surface area contributed by atoms with Crippen LogP contribution in [0.2, 0.25) is 0 Å². The molecule has 0 amide bonds. The van der Waals surface area contributed by atoms with Crippen molar-refractivity contribution in [1.82, 2.24) is 0 Å². The first-order valence-corrected chi connectivity index (χ1v) is 6.13. The molecule has 0 N–H and O–H groups in total. The van der Waals surface area contributed by atoms with Crippen molar-refractivity contribution < 1.29 is 4.74 Å². The maximum Gasteiger partial charge on any atom is 0.127 e. The highest BCUT2D eigenvalue weighted by molar-refractivity contribution is 5.88. The minimum atomic E-state index is 0.150. The first-order chi connectivity index (χ1) is 7.98. The molecule has 2 rings (SSSR count). The predicted octanol–water partition coefficient (Wildman–Crippen LogP) is 4.65. The van der Waals surface area contributed by atoms with E-state index in [1.165, 1.54) is 10.8 Å². The monoisotopic (exact) mass is 228 g/mol. The molecule has 0 aliphatic rings. The minimum Gasteiger partial charge on any atom is -0.490 e. The summed E-state index contributed by atoms with van der Waals surface area (Å²) < 4.78 is 6.09. The molecule has 1 unspecified atom stereocenters. The summed E-state index contributed by atoms with van der Waals surface area (Å²) in [4.78, 5) is 0. The van der Waals surface area contributed by atoms with Crippen LogP contribution in [0.15, 0.2) is 42.5 Å². The fourth-order valence-corrected chi connectivity index (χ4v) is 1.67. The SMILES string of the molecule is CC(Oc1cccc2ccccc12)C(C)(C)C. The lowest BCUT2D eigenvalue weighted by Gasteiger charge is -2.28. The molecule has 0 aliphatic carbocycles. The van der Waals surface area contributed by atoms with Crippen LogP contribution in [-0.2, 0) is 0 Å². The van der Waals surface area contributed by atoms with E-state index >= 15 is 0 Å². The summed E-state index contributed by atoms with van der Waals surface area (Å²) in [6.07, 6.45) is 0.188. The van der Waals surface area contributed by atoms with Crippen molar-refractivity contribution in [3.05, 3.63) is 42.5 Å². The molecular weight excluding hydrogens is 208 g/mol. The highest BCUT2D eigenvalue weighted by atomic mass is 16.5. The molecule has 0 heterocycles. The summed E-state index contributed by atoms with van der Waals surface area (Å²) in [5.41, 5.74) is 0.150. The number of fused-ring (bicyclic) bond motifs is 1. The summed E-state index contributed by atoms with van der Waals surface area (Å²) >= 11 is 0. The van der Waals surface area contributed by atoms with Crippen LogP contribution in [0, 0.1) is 5.41 Å². The van der Waals surface area contributed by atoms with Gasteiger partial charge in [-0.1, -0.05) is 57.2 Å². The van der Waals surface area contributed by atoms with Gasteiger partial charge >= 0.3 is 0 Å². The molecule has 0 aliphatic heterocycles. The van der Waals surface area contributed by atoms with Crippen LogP contribution in [0.5, 0.6) is 5.75 Å². The molecular formula is C16H20O. The van der Waals surface area contributed by atoms with E-state index in [2.05, 4.69) is 58.0 Å². The summed E-state index contributed by atoms with van der Waals surface area (Å²) in [6.45, 7) is 8.72. The second kappa shape index (κ2) is 4.40. The maximum absolute atomic E-state index is 6.09. The van der Waals surface area contributed by atoms with E-state index in [0.29, 0.717) is 0 Å². The van der Waals surface area contributed by atoms with Gasteiger partial charge < -0.3 is 4.74 Å². The average molecular weight is 228 g/mol. The number of hydrogen-bond acceptors (Lipinski definition) is 1. The summed E-state index contributed by atoms with van der Waals surface area (Å²) in [6, 6.07) is 14.5. The molecule has 0 saturated carbocycles. The quantitative estimate of drug-likeness (QED) is 0.726. The fourth-order valence-electron chi connectivity index (χ4n) is 1.67. The average Bonchev–Trinajstić information content (AvgIpc) is 2.28. The predicted molar refractivity (Wildman–Crippen MR) is 73.5 cm³/mol. The van der Waals surface area contributed by atoms with E-state index in [9.17, 15) is 0 Å². The molecule has 1 atom stereocenters. The molecule has 1 nitrogen and oxygen atoms in total. The van der Waals surface area contributed by atoms with Crippen molar-refractivity contribution >= 4 is 10.8 Å². The van der Waals surface area contributed by atoms with Crippen LogP contribution in [0.25, 0.3) is 10.8 Å². The topological polar surface area (TPSA) is 9.23 Å². The summed E-state index contributed by atoms with van der Waals surface area (Å²) in [5, 5.41) is 2.41. The molecule has 0 spiro atoms. The van der Waals surface area contributed by atoms with Crippen molar-refractivity contribution in [2.45, 2.75) is 33.8 Å². The second-order valence-electron chi connectivity index (χ2n) is 5.60. The maximum atomic E-state index is 6.09. The third-order valence-electron chi connectivity index (χ3n) is 3.27. The van der Waals surface area contributed by atoms with Gasteiger partial charge in [-0.25, -0.2) is 0 Å². The van der Waals surface area contributed by atoms with Gasteiger partial charge in [0.2, 0.25) is 0 Å². The molecule has 0 saturated heterocycles. The Morgan fingerprint density at radius 1 is 0.941 bits per heavy atom. The lowest BCUT2D eigenvalue weighted by Crippen LogP contribution is -2.28. The van der Waals surface area contributed by atoms with Crippen molar-refractivity contribution in [2.75, 3.05) is 0 Å². The standard InChI is InChI=1S/C16H20O/c1-12(16(2,3)4)17-15-11-7-9-13-8-5-6-10-14(13)15/h5-12H,1-4H3.